The van der Waals surface area contributed by atoms with Gasteiger partial charge in [0.1, 0.15) is 12.7 Å². The molecule has 2 rings (SSSR count). The predicted octanol–water partition coefficient (Wildman–Crippen LogP) is 3.36. The molecule has 0 aromatic heterocycles. The summed E-state index contributed by atoms with van der Waals surface area (Å²) in [6, 6.07) is 14.6. The number of ether oxygens (including phenoxy) is 1. The molecule has 0 saturated heterocycles. The van der Waals surface area contributed by atoms with Crippen LogP contribution in [0.5, 0.6) is 0 Å². The van der Waals surface area contributed by atoms with Crippen molar-refractivity contribution in [2.75, 3.05) is 6.54 Å². The van der Waals surface area contributed by atoms with Crippen LogP contribution >= 0.6 is 11.6 Å². The topological polar surface area (TPSA) is 78.8 Å². The molecular weight excluding hydrogens is 342 g/mol. The molecule has 3 N–H and O–H groups in total. The molecule has 0 radical (unpaired) electrons. The SMILES string of the molecule is Cc1cccc(Cl)c1C(O)C(O)CCNC(=O)OCc1ccccc1. The molecule has 0 aliphatic carbocycles. The number of aliphatic hydroxyl groups excluding tert-OH is 2. The monoisotopic (exact) mass is 363 g/mol. The normalized spacial score (nSPS) is 13.1. The highest BCUT2D eigenvalue weighted by Gasteiger charge is 2.22. The van der Waals surface area contributed by atoms with Gasteiger partial charge in [-0.1, -0.05) is 54.1 Å². The van der Waals surface area contributed by atoms with Crippen LogP contribution in [0, 0.1) is 6.92 Å². The Morgan fingerprint density at radius 1 is 1.16 bits per heavy atom. The Balaban J connectivity index is 1.76. The molecule has 2 aromatic carbocycles. The number of carbonyl (C=O) groups excluding carboxylic acids is 1. The minimum atomic E-state index is -1.11. The van der Waals surface area contributed by atoms with Gasteiger partial charge in [-0.3, -0.25) is 0 Å². The number of halogens is 1. The van der Waals surface area contributed by atoms with Crippen LogP contribution in [0.1, 0.15) is 29.2 Å². The first-order valence-corrected chi connectivity index (χ1v) is 8.42. The number of benzene rings is 2. The van der Waals surface area contributed by atoms with Crippen molar-refractivity contribution in [3.63, 3.8) is 0 Å². The minimum Gasteiger partial charge on any atom is -0.445 e. The minimum absolute atomic E-state index is 0.173. The van der Waals surface area contributed by atoms with Gasteiger partial charge >= 0.3 is 6.09 Å². The van der Waals surface area contributed by atoms with Crippen molar-refractivity contribution in [2.24, 2.45) is 0 Å². The lowest BCUT2D eigenvalue weighted by Crippen LogP contribution is -2.30. The third kappa shape index (κ3) is 5.74. The third-order valence-electron chi connectivity index (χ3n) is 3.85. The molecule has 1 amide bonds. The van der Waals surface area contributed by atoms with Crippen molar-refractivity contribution in [3.05, 3.63) is 70.2 Å². The quantitative estimate of drug-likeness (QED) is 0.704. The van der Waals surface area contributed by atoms with Gasteiger partial charge in [-0.25, -0.2) is 4.79 Å². The van der Waals surface area contributed by atoms with Gasteiger partial charge in [0.05, 0.1) is 6.10 Å². The Bertz CT molecular complexity index is 673. The maximum atomic E-state index is 11.6. The average molecular weight is 364 g/mol. The van der Waals surface area contributed by atoms with Crippen LogP contribution in [0.2, 0.25) is 5.02 Å². The van der Waals surface area contributed by atoms with Crippen LogP contribution in [-0.4, -0.2) is 29.0 Å². The highest BCUT2D eigenvalue weighted by molar-refractivity contribution is 6.31. The zero-order valence-electron chi connectivity index (χ0n) is 14.0. The molecule has 0 heterocycles. The molecular formula is C19H22ClNO4. The highest BCUT2D eigenvalue weighted by Crippen LogP contribution is 2.29. The molecule has 0 saturated carbocycles. The van der Waals surface area contributed by atoms with Crippen molar-refractivity contribution < 1.29 is 19.7 Å². The van der Waals surface area contributed by atoms with E-state index >= 15 is 0 Å². The number of hydrogen-bond donors (Lipinski definition) is 3. The molecule has 0 aliphatic heterocycles. The van der Waals surface area contributed by atoms with Gasteiger partial charge in [0.2, 0.25) is 0 Å². The van der Waals surface area contributed by atoms with E-state index in [0.29, 0.717) is 10.6 Å². The first kappa shape index (κ1) is 19.2. The third-order valence-corrected chi connectivity index (χ3v) is 4.18. The summed E-state index contributed by atoms with van der Waals surface area (Å²) in [7, 11) is 0. The smallest absolute Gasteiger partial charge is 0.407 e. The summed E-state index contributed by atoms with van der Waals surface area (Å²) in [6.07, 6.45) is -2.56. The molecule has 0 bridgehead atoms. The van der Waals surface area contributed by atoms with E-state index in [9.17, 15) is 15.0 Å². The van der Waals surface area contributed by atoms with Crippen molar-refractivity contribution in [2.45, 2.75) is 32.2 Å². The molecule has 0 fully saturated rings. The number of aryl methyl sites for hydroxylation is 1. The molecule has 0 aliphatic rings. The van der Waals surface area contributed by atoms with Gasteiger partial charge in [0, 0.05) is 17.1 Å². The average Bonchev–Trinajstić information content (AvgIpc) is 2.60. The predicted molar refractivity (Wildman–Crippen MR) is 96.4 cm³/mol. The molecule has 2 unspecified atom stereocenters. The fraction of sp³-hybridized carbons (Fsp3) is 0.316. The molecule has 2 atom stereocenters. The fourth-order valence-corrected chi connectivity index (χ4v) is 2.80. The number of carbonyl (C=O) groups is 1. The standard InChI is InChI=1S/C19H22ClNO4/c1-13-6-5-9-15(20)17(13)18(23)16(22)10-11-21-19(24)25-12-14-7-3-2-4-8-14/h2-9,16,18,22-23H,10-12H2,1H3,(H,21,24). The maximum absolute atomic E-state index is 11.6. The summed E-state index contributed by atoms with van der Waals surface area (Å²) in [4.78, 5) is 11.6. The van der Waals surface area contributed by atoms with Crippen molar-refractivity contribution in [3.8, 4) is 0 Å². The van der Waals surface area contributed by atoms with Crippen LogP contribution in [0.25, 0.3) is 0 Å². The van der Waals surface area contributed by atoms with Gasteiger partial charge in [0.25, 0.3) is 0 Å². The van der Waals surface area contributed by atoms with Gasteiger partial charge in [0.15, 0.2) is 0 Å². The summed E-state index contributed by atoms with van der Waals surface area (Å²) in [6.45, 7) is 2.17. The summed E-state index contributed by atoms with van der Waals surface area (Å²) in [5.74, 6) is 0. The molecule has 0 spiro atoms. The van der Waals surface area contributed by atoms with Crippen LogP contribution in [0.4, 0.5) is 4.79 Å². The Morgan fingerprint density at radius 2 is 1.88 bits per heavy atom. The summed E-state index contributed by atoms with van der Waals surface area (Å²) in [5.41, 5.74) is 2.19. The number of aliphatic hydroxyl groups is 2. The molecule has 2 aromatic rings. The van der Waals surface area contributed by atoms with Crippen LogP contribution in [-0.2, 0) is 11.3 Å². The first-order valence-electron chi connectivity index (χ1n) is 8.04. The highest BCUT2D eigenvalue weighted by atomic mass is 35.5. The Kier molecular flexibility index (Phi) is 7.25. The lowest BCUT2D eigenvalue weighted by atomic mass is 9.98. The number of hydrogen-bond acceptors (Lipinski definition) is 4. The van der Waals surface area contributed by atoms with Gasteiger partial charge in [-0.15, -0.1) is 0 Å². The zero-order chi connectivity index (χ0) is 18.2. The van der Waals surface area contributed by atoms with E-state index in [2.05, 4.69) is 5.32 Å². The lowest BCUT2D eigenvalue weighted by Gasteiger charge is -2.21. The maximum Gasteiger partial charge on any atom is 0.407 e. The van der Waals surface area contributed by atoms with E-state index in [-0.39, 0.29) is 19.6 Å². The van der Waals surface area contributed by atoms with E-state index in [1.165, 1.54) is 0 Å². The summed E-state index contributed by atoms with van der Waals surface area (Å²) < 4.78 is 5.08. The van der Waals surface area contributed by atoms with Crippen LogP contribution < -0.4 is 5.32 Å². The molecule has 134 valence electrons. The number of amides is 1. The zero-order valence-corrected chi connectivity index (χ0v) is 14.7. The van der Waals surface area contributed by atoms with E-state index in [0.717, 1.165) is 11.1 Å². The van der Waals surface area contributed by atoms with E-state index < -0.39 is 18.3 Å². The van der Waals surface area contributed by atoms with E-state index in [1.807, 2.05) is 43.3 Å². The van der Waals surface area contributed by atoms with E-state index in [1.54, 1.807) is 12.1 Å². The molecule has 6 heteroatoms. The number of nitrogens with one attached hydrogen (secondary N) is 1. The Morgan fingerprint density at radius 3 is 2.56 bits per heavy atom. The van der Waals surface area contributed by atoms with Gasteiger partial charge < -0.3 is 20.3 Å². The van der Waals surface area contributed by atoms with E-state index in [4.69, 9.17) is 16.3 Å². The summed E-state index contributed by atoms with van der Waals surface area (Å²) in [5, 5.41) is 23.4. The van der Waals surface area contributed by atoms with Crippen molar-refractivity contribution >= 4 is 17.7 Å². The van der Waals surface area contributed by atoms with Crippen molar-refractivity contribution in [1.82, 2.24) is 5.32 Å². The second-order valence-corrected chi connectivity index (χ2v) is 6.17. The summed E-state index contributed by atoms with van der Waals surface area (Å²) >= 11 is 6.09. The number of alkyl carbamates (subject to hydrolysis) is 1. The fourth-order valence-electron chi connectivity index (χ4n) is 2.47. The van der Waals surface area contributed by atoms with Gasteiger partial charge in [-0.05, 0) is 30.5 Å². The Labute approximate surface area is 152 Å². The van der Waals surface area contributed by atoms with Gasteiger partial charge in [-0.2, -0.15) is 0 Å². The second-order valence-electron chi connectivity index (χ2n) is 5.76. The second kappa shape index (κ2) is 9.42. The van der Waals surface area contributed by atoms with Crippen LogP contribution in [0.15, 0.2) is 48.5 Å². The largest absolute Gasteiger partial charge is 0.445 e. The molecule has 25 heavy (non-hydrogen) atoms. The number of rotatable bonds is 7. The lowest BCUT2D eigenvalue weighted by molar-refractivity contribution is 0.0133. The Hall–Kier alpha value is -2.08. The first-order chi connectivity index (χ1) is 12.0. The van der Waals surface area contributed by atoms with Crippen molar-refractivity contribution in [1.29, 1.82) is 0 Å². The molecule has 5 nitrogen and oxygen atoms in total. The van der Waals surface area contributed by atoms with Crippen LogP contribution in [0.3, 0.4) is 0 Å².